The molecule has 0 spiro atoms. The third-order valence-electron chi connectivity index (χ3n) is 10.7. The van der Waals surface area contributed by atoms with E-state index in [1.54, 1.807) is 23.1 Å². The number of hydrogen-bond donors (Lipinski definition) is 2. The van der Waals surface area contributed by atoms with Gasteiger partial charge in [-0.3, -0.25) is 39.1 Å². The smallest absolute Gasteiger partial charge is 0.410 e. The van der Waals surface area contributed by atoms with E-state index in [1.807, 2.05) is 33.0 Å². The normalized spacial score (nSPS) is 23.4. The molecule has 1 unspecified atom stereocenters. The van der Waals surface area contributed by atoms with Gasteiger partial charge in [0.15, 0.2) is 0 Å². The van der Waals surface area contributed by atoms with E-state index in [0.717, 1.165) is 58.9 Å². The van der Waals surface area contributed by atoms with E-state index < -0.39 is 35.3 Å². The standard InChI is InChI=1S/C38H44N8O6/c1-38(2,3)52-37(51)44-15-13-43(14-16-44)29-5-4-12-39-33(29)28-21-45(42-32(28)23-6-7-23)25-17-22(18-25)20-40-24-8-9-26-27(19-24)36(50)46(35(26)49)30-10-11-31(47)41-34(30)48/h4-5,8-9,12,19,21-23,25,30,40H,6-7,10-11,13-18,20H2,1-3H3,(H,41,47,48). The molecule has 1 atom stereocenters. The molecule has 0 radical (unpaired) electrons. The number of imide groups is 2. The van der Waals surface area contributed by atoms with Crippen molar-refractivity contribution in [3.63, 3.8) is 0 Å². The summed E-state index contributed by atoms with van der Waals surface area (Å²) < 4.78 is 7.72. The Morgan fingerprint density at radius 2 is 1.71 bits per heavy atom. The fraction of sp³-hybridized carbons (Fsp3) is 0.500. The van der Waals surface area contributed by atoms with Gasteiger partial charge in [-0.2, -0.15) is 5.10 Å². The number of benzene rings is 1. The fourth-order valence-corrected chi connectivity index (χ4v) is 7.68. The molecule has 0 bridgehead atoms. The summed E-state index contributed by atoms with van der Waals surface area (Å²) in [7, 11) is 0. The summed E-state index contributed by atoms with van der Waals surface area (Å²) in [5, 5.41) is 10.8. The number of anilines is 2. The maximum absolute atomic E-state index is 13.2. The van der Waals surface area contributed by atoms with Gasteiger partial charge in [-0.25, -0.2) is 4.79 Å². The summed E-state index contributed by atoms with van der Waals surface area (Å²) in [6.07, 6.45) is 8.09. The van der Waals surface area contributed by atoms with Gasteiger partial charge in [-0.05, 0) is 89.1 Å². The molecule has 2 N–H and O–H groups in total. The van der Waals surface area contributed by atoms with Crippen molar-refractivity contribution in [3.05, 3.63) is 59.5 Å². The second kappa shape index (κ2) is 13.1. The summed E-state index contributed by atoms with van der Waals surface area (Å²) in [4.78, 5) is 72.9. The topological polar surface area (TPSA) is 159 Å². The van der Waals surface area contributed by atoms with Crippen LogP contribution in [0.15, 0.2) is 42.7 Å². The van der Waals surface area contributed by atoms with Crippen LogP contribution in [-0.4, -0.2) is 98.7 Å². The number of fused-ring (bicyclic) bond motifs is 1. The van der Waals surface area contributed by atoms with E-state index in [1.165, 1.54) is 0 Å². The summed E-state index contributed by atoms with van der Waals surface area (Å²) in [6, 6.07) is 8.46. The number of pyridine rings is 1. The van der Waals surface area contributed by atoms with Gasteiger partial charge in [0.25, 0.3) is 11.8 Å². The lowest BCUT2D eigenvalue weighted by Crippen LogP contribution is -2.54. The van der Waals surface area contributed by atoms with Gasteiger partial charge >= 0.3 is 6.09 Å². The van der Waals surface area contributed by atoms with Gasteiger partial charge < -0.3 is 19.9 Å². The zero-order valence-electron chi connectivity index (χ0n) is 29.8. The molecule has 5 aliphatic rings. The molecular weight excluding hydrogens is 664 g/mol. The average molecular weight is 709 g/mol. The van der Waals surface area contributed by atoms with Gasteiger partial charge in [-0.15, -0.1) is 0 Å². The Labute approximate surface area is 301 Å². The van der Waals surface area contributed by atoms with E-state index in [-0.39, 0.29) is 36.1 Å². The Morgan fingerprint density at radius 1 is 0.962 bits per heavy atom. The van der Waals surface area contributed by atoms with E-state index in [9.17, 15) is 24.0 Å². The average Bonchev–Trinajstić information content (AvgIpc) is 3.80. The highest BCUT2D eigenvalue weighted by molar-refractivity contribution is 6.23. The van der Waals surface area contributed by atoms with E-state index in [4.69, 9.17) is 14.8 Å². The molecule has 2 aromatic heterocycles. The van der Waals surface area contributed by atoms with Crippen LogP contribution in [0.4, 0.5) is 16.2 Å². The molecule has 272 valence electrons. The lowest BCUT2D eigenvalue weighted by atomic mass is 9.80. The molecule has 14 nitrogen and oxygen atoms in total. The fourth-order valence-electron chi connectivity index (χ4n) is 7.68. The van der Waals surface area contributed by atoms with Crippen molar-refractivity contribution >= 4 is 41.1 Å². The molecule has 5 amide bonds. The Morgan fingerprint density at radius 3 is 2.42 bits per heavy atom. The number of ether oxygens (including phenoxy) is 1. The zero-order valence-corrected chi connectivity index (χ0v) is 29.8. The van der Waals surface area contributed by atoms with Crippen molar-refractivity contribution in [2.45, 2.75) is 82.9 Å². The van der Waals surface area contributed by atoms with Crippen molar-refractivity contribution < 1.29 is 28.7 Å². The summed E-state index contributed by atoms with van der Waals surface area (Å²) in [5.74, 6) is -1.20. The van der Waals surface area contributed by atoms with Crippen molar-refractivity contribution in [2.75, 3.05) is 42.9 Å². The van der Waals surface area contributed by atoms with Gasteiger partial charge in [0.05, 0.1) is 34.2 Å². The third-order valence-corrected chi connectivity index (χ3v) is 10.7. The van der Waals surface area contributed by atoms with Gasteiger partial charge in [-0.1, -0.05) is 0 Å². The van der Waals surface area contributed by atoms with Crippen LogP contribution < -0.4 is 15.5 Å². The SMILES string of the molecule is CC(C)(C)OC(=O)N1CCN(c2cccnc2-c2cn(C3CC(CNc4ccc5c(c4)C(=O)N(C4CCC(=O)NC4=O)C5=O)C3)nc2C2CC2)CC1. The minimum Gasteiger partial charge on any atom is -0.444 e. The quantitative estimate of drug-likeness (QED) is 0.323. The largest absolute Gasteiger partial charge is 0.444 e. The molecule has 2 aliphatic carbocycles. The van der Waals surface area contributed by atoms with E-state index in [0.29, 0.717) is 44.6 Å². The predicted octanol–water partition coefficient (Wildman–Crippen LogP) is 4.34. The molecule has 2 saturated carbocycles. The summed E-state index contributed by atoms with van der Waals surface area (Å²) in [5.41, 5.74) is 4.92. The van der Waals surface area contributed by atoms with E-state index >= 15 is 0 Å². The zero-order chi connectivity index (χ0) is 36.3. The number of aromatic nitrogens is 3. The number of nitrogens with zero attached hydrogens (tertiary/aromatic N) is 6. The number of carbonyl (C=O) groups excluding carboxylic acids is 5. The van der Waals surface area contributed by atoms with Crippen LogP contribution in [0.5, 0.6) is 0 Å². The Balaban J connectivity index is 0.901. The second-order valence-electron chi connectivity index (χ2n) is 15.6. The van der Waals surface area contributed by atoms with Crippen LogP contribution in [0.2, 0.25) is 0 Å². The van der Waals surface area contributed by atoms with Crippen molar-refractivity contribution in [1.29, 1.82) is 0 Å². The Hall–Kier alpha value is -5.27. The minimum absolute atomic E-state index is 0.0845. The van der Waals surface area contributed by atoms with Crippen LogP contribution in [0.3, 0.4) is 0 Å². The molecule has 2 saturated heterocycles. The van der Waals surface area contributed by atoms with E-state index in [2.05, 4.69) is 32.5 Å². The first-order valence-electron chi connectivity index (χ1n) is 18.3. The van der Waals surface area contributed by atoms with Gasteiger partial charge in [0.2, 0.25) is 11.8 Å². The molecule has 4 fully saturated rings. The van der Waals surface area contributed by atoms with Crippen LogP contribution >= 0.6 is 0 Å². The molecule has 5 heterocycles. The van der Waals surface area contributed by atoms with Crippen molar-refractivity contribution in [2.24, 2.45) is 5.92 Å². The molecule has 14 heteroatoms. The van der Waals surface area contributed by atoms with Gasteiger partial charge in [0.1, 0.15) is 11.6 Å². The first-order chi connectivity index (χ1) is 24.9. The first-order valence-corrected chi connectivity index (χ1v) is 18.3. The maximum atomic E-state index is 13.2. The molecular formula is C38H44N8O6. The lowest BCUT2D eigenvalue weighted by Gasteiger charge is -2.37. The van der Waals surface area contributed by atoms with Crippen LogP contribution in [0, 0.1) is 5.92 Å². The number of piperidine rings is 1. The number of nitrogens with one attached hydrogen (secondary N) is 2. The summed E-state index contributed by atoms with van der Waals surface area (Å²) >= 11 is 0. The van der Waals surface area contributed by atoms with Gasteiger partial charge in [0, 0.05) is 68.7 Å². The first kappa shape index (κ1) is 33.9. The monoisotopic (exact) mass is 708 g/mol. The molecule has 1 aromatic carbocycles. The summed E-state index contributed by atoms with van der Waals surface area (Å²) in [6.45, 7) is 8.89. The number of piperazine rings is 1. The van der Waals surface area contributed by atoms with Crippen molar-refractivity contribution in [1.82, 2.24) is 29.9 Å². The van der Waals surface area contributed by atoms with Crippen LogP contribution in [0.1, 0.15) is 97.7 Å². The molecule has 52 heavy (non-hydrogen) atoms. The highest BCUT2D eigenvalue weighted by Crippen LogP contribution is 2.47. The second-order valence-corrected chi connectivity index (χ2v) is 15.6. The highest BCUT2D eigenvalue weighted by atomic mass is 16.6. The predicted molar refractivity (Wildman–Crippen MR) is 191 cm³/mol. The number of hydrogen-bond acceptors (Lipinski definition) is 10. The lowest BCUT2D eigenvalue weighted by molar-refractivity contribution is -0.136. The maximum Gasteiger partial charge on any atom is 0.410 e. The molecule has 3 aromatic rings. The number of amides is 5. The Kier molecular flexibility index (Phi) is 8.50. The van der Waals surface area contributed by atoms with Crippen molar-refractivity contribution in [3.8, 4) is 11.3 Å². The number of rotatable bonds is 8. The minimum atomic E-state index is -0.984. The molecule has 3 aliphatic heterocycles. The molecule has 8 rings (SSSR count). The number of carbonyl (C=O) groups is 5. The highest BCUT2D eigenvalue weighted by Gasteiger charge is 2.45. The van der Waals surface area contributed by atoms with Crippen LogP contribution in [0.25, 0.3) is 11.3 Å². The Bertz CT molecular complexity index is 1950. The van der Waals surface area contributed by atoms with Crippen LogP contribution in [-0.2, 0) is 14.3 Å². The third kappa shape index (κ3) is 6.50.